The van der Waals surface area contributed by atoms with Gasteiger partial charge in [-0.3, -0.25) is 0 Å². The maximum atomic E-state index is 5.76. The van der Waals surface area contributed by atoms with Crippen LogP contribution in [-0.4, -0.2) is 17.3 Å². The highest BCUT2D eigenvalue weighted by atomic mass is 32.2. The molecule has 2 atom stereocenters. The molecule has 14 heavy (non-hydrogen) atoms. The Bertz CT molecular complexity index is 136. The first-order chi connectivity index (χ1) is 6.86. The minimum absolute atomic E-state index is 0.506. The van der Waals surface area contributed by atoms with Gasteiger partial charge in [-0.1, -0.05) is 39.5 Å². The van der Waals surface area contributed by atoms with E-state index in [1.807, 2.05) is 0 Å². The molecule has 0 bridgehead atoms. The molecule has 0 spiro atoms. The van der Waals surface area contributed by atoms with Crippen molar-refractivity contribution in [1.29, 1.82) is 0 Å². The first-order valence-electron chi connectivity index (χ1n) is 6.13. The normalized spacial score (nSPS) is 27.9. The van der Waals surface area contributed by atoms with Crippen molar-refractivity contribution < 1.29 is 4.74 Å². The SMILES string of the molecule is CCCCC[C@H]1OCC[C@H](CCC)S1. The third kappa shape index (κ3) is 4.70. The molecule has 1 rings (SSSR count). The number of ether oxygens (including phenoxy) is 1. The minimum atomic E-state index is 0.506. The van der Waals surface area contributed by atoms with Crippen LogP contribution in [0.5, 0.6) is 0 Å². The fourth-order valence-corrected chi connectivity index (χ4v) is 3.41. The number of thioether (sulfide) groups is 1. The molecule has 1 fully saturated rings. The fourth-order valence-electron chi connectivity index (χ4n) is 1.90. The van der Waals surface area contributed by atoms with Crippen molar-refractivity contribution in [2.24, 2.45) is 0 Å². The van der Waals surface area contributed by atoms with Crippen molar-refractivity contribution in [2.75, 3.05) is 6.61 Å². The van der Waals surface area contributed by atoms with Crippen molar-refractivity contribution in [3.63, 3.8) is 0 Å². The van der Waals surface area contributed by atoms with Crippen LogP contribution in [-0.2, 0) is 4.74 Å². The van der Waals surface area contributed by atoms with Crippen LogP contribution >= 0.6 is 11.8 Å². The van der Waals surface area contributed by atoms with Crippen LogP contribution < -0.4 is 0 Å². The summed E-state index contributed by atoms with van der Waals surface area (Å²) >= 11 is 2.08. The molecule has 1 saturated heterocycles. The summed E-state index contributed by atoms with van der Waals surface area (Å²) < 4.78 is 5.76. The van der Waals surface area contributed by atoms with E-state index in [0.717, 1.165) is 11.9 Å². The molecule has 0 aromatic heterocycles. The summed E-state index contributed by atoms with van der Waals surface area (Å²) in [5, 5.41) is 0.875. The van der Waals surface area contributed by atoms with Crippen LogP contribution in [0.15, 0.2) is 0 Å². The molecule has 0 saturated carbocycles. The van der Waals surface area contributed by atoms with E-state index in [0.29, 0.717) is 5.44 Å². The molecule has 84 valence electrons. The van der Waals surface area contributed by atoms with Crippen LogP contribution in [0.3, 0.4) is 0 Å². The van der Waals surface area contributed by atoms with Crippen LogP contribution in [0, 0.1) is 0 Å². The third-order valence-corrected chi connectivity index (χ3v) is 4.27. The van der Waals surface area contributed by atoms with Crippen LogP contribution in [0.25, 0.3) is 0 Å². The zero-order chi connectivity index (χ0) is 10.2. The molecule has 1 aliphatic rings. The van der Waals surface area contributed by atoms with Crippen molar-refractivity contribution in [3.8, 4) is 0 Å². The molecule has 0 radical (unpaired) electrons. The van der Waals surface area contributed by atoms with Crippen molar-refractivity contribution in [1.82, 2.24) is 0 Å². The molecule has 2 heteroatoms. The van der Waals surface area contributed by atoms with Crippen LogP contribution in [0.1, 0.15) is 58.8 Å². The number of hydrogen-bond acceptors (Lipinski definition) is 2. The van der Waals surface area contributed by atoms with E-state index in [1.54, 1.807) is 0 Å². The Hall–Kier alpha value is 0.310. The van der Waals surface area contributed by atoms with Gasteiger partial charge in [0.1, 0.15) is 5.44 Å². The summed E-state index contributed by atoms with van der Waals surface area (Å²) in [6.45, 7) is 5.53. The molecular weight excluding hydrogens is 192 g/mol. The average molecular weight is 216 g/mol. The van der Waals surface area contributed by atoms with Gasteiger partial charge in [-0.2, -0.15) is 0 Å². The summed E-state index contributed by atoms with van der Waals surface area (Å²) in [5.74, 6) is 0. The summed E-state index contributed by atoms with van der Waals surface area (Å²) in [6, 6.07) is 0. The third-order valence-electron chi connectivity index (χ3n) is 2.74. The average Bonchev–Trinajstić information content (AvgIpc) is 2.19. The highest BCUT2D eigenvalue weighted by Gasteiger charge is 2.21. The molecule has 1 aliphatic heterocycles. The van der Waals surface area contributed by atoms with Gasteiger partial charge in [0.05, 0.1) is 0 Å². The van der Waals surface area contributed by atoms with Crippen molar-refractivity contribution in [2.45, 2.75) is 69.5 Å². The van der Waals surface area contributed by atoms with Crippen molar-refractivity contribution in [3.05, 3.63) is 0 Å². The quantitative estimate of drug-likeness (QED) is 0.615. The van der Waals surface area contributed by atoms with Gasteiger partial charge in [-0.25, -0.2) is 0 Å². The largest absolute Gasteiger partial charge is 0.368 e. The van der Waals surface area contributed by atoms with E-state index >= 15 is 0 Å². The lowest BCUT2D eigenvalue weighted by atomic mass is 10.2. The maximum absolute atomic E-state index is 5.76. The highest BCUT2D eigenvalue weighted by molar-refractivity contribution is 8.00. The van der Waals surface area contributed by atoms with Gasteiger partial charge in [-0.15, -0.1) is 11.8 Å². The molecular formula is C12H24OS. The van der Waals surface area contributed by atoms with E-state index < -0.39 is 0 Å². The van der Waals surface area contributed by atoms with E-state index in [9.17, 15) is 0 Å². The molecule has 0 unspecified atom stereocenters. The number of rotatable bonds is 6. The smallest absolute Gasteiger partial charge is 0.103 e. The molecule has 0 aromatic carbocycles. The van der Waals surface area contributed by atoms with E-state index in [2.05, 4.69) is 25.6 Å². The topological polar surface area (TPSA) is 9.23 Å². The second-order valence-corrected chi connectivity index (χ2v) is 5.60. The lowest BCUT2D eigenvalue weighted by Crippen LogP contribution is -2.23. The second-order valence-electron chi connectivity index (χ2n) is 4.13. The molecule has 0 aliphatic carbocycles. The summed E-state index contributed by atoms with van der Waals surface area (Å²) in [6.07, 6.45) is 9.24. The summed E-state index contributed by atoms with van der Waals surface area (Å²) in [5.41, 5.74) is 0.506. The molecule has 0 amide bonds. The monoisotopic (exact) mass is 216 g/mol. The summed E-state index contributed by atoms with van der Waals surface area (Å²) in [4.78, 5) is 0. The summed E-state index contributed by atoms with van der Waals surface area (Å²) in [7, 11) is 0. The Morgan fingerprint density at radius 1 is 1.14 bits per heavy atom. The van der Waals surface area contributed by atoms with Gasteiger partial charge in [0.25, 0.3) is 0 Å². The van der Waals surface area contributed by atoms with Gasteiger partial charge in [0, 0.05) is 11.9 Å². The van der Waals surface area contributed by atoms with Crippen LogP contribution in [0.4, 0.5) is 0 Å². The van der Waals surface area contributed by atoms with E-state index in [-0.39, 0.29) is 0 Å². The van der Waals surface area contributed by atoms with Gasteiger partial charge in [0.15, 0.2) is 0 Å². The van der Waals surface area contributed by atoms with Gasteiger partial charge < -0.3 is 4.74 Å². The zero-order valence-corrected chi connectivity index (χ0v) is 10.4. The first-order valence-corrected chi connectivity index (χ1v) is 7.08. The molecule has 0 N–H and O–H groups in total. The van der Waals surface area contributed by atoms with E-state index in [1.165, 1.54) is 44.9 Å². The Morgan fingerprint density at radius 3 is 2.71 bits per heavy atom. The van der Waals surface area contributed by atoms with Gasteiger partial charge >= 0.3 is 0 Å². The predicted molar refractivity (Wildman–Crippen MR) is 64.8 cm³/mol. The van der Waals surface area contributed by atoms with Gasteiger partial charge in [-0.05, 0) is 19.3 Å². The fraction of sp³-hybridized carbons (Fsp3) is 1.00. The standard InChI is InChI=1S/C12H24OS/c1-3-5-6-8-12-13-10-9-11(14-12)7-4-2/h11-12H,3-10H2,1-2H3/t11-,12-/m0/s1. The minimum Gasteiger partial charge on any atom is -0.368 e. The molecule has 0 aromatic rings. The Balaban J connectivity index is 2.12. The van der Waals surface area contributed by atoms with E-state index in [4.69, 9.17) is 4.74 Å². The first kappa shape index (κ1) is 12.4. The molecule has 1 nitrogen and oxygen atoms in total. The Kier molecular flexibility index (Phi) is 6.70. The lowest BCUT2D eigenvalue weighted by molar-refractivity contribution is 0.0918. The Morgan fingerprint density at radius 2 is 2.00 bits per heavy atom. The molecule has 1 heterocycles. The van der Waals surface area contributed by atoms with Gasteiger partial charge in [0.2, 0.25) is 0 Å². The second kappa shape index (κ2) is 7.58. The lowest BCUT2D eigenvalue weighted by Gasteiger charge is -2.29. The number of unbranched alkanes of at least 4 members (excludes halogenated alkanes) is 2. The Labute approximate surface area is 93.0 Å². The maximum Gasteiger partial charge on any atom is 0.103 e. The predicted octanol–water partition coefficient (Wildman–Crippen LogP) is 4.22. The van der Waals surface area contributed by atoms with Crippen LogP contribution in [0.2, 0.25) is 0 Å². The number of hydrogen-bond donors (Lipinski definition) is 0. The highest BCUT2D eigenvalue weighted by Crippen LogP contribution is 2.32. The zero-order valence-electron chi connectivity index (χ0n) is 9.63. The van der Waals surface area contributed by atoms with Crippen molar-refractivity contribution >= 4 is 11.8 Å².